The maximum atomic E-state index is 11.2. The molecule has 0 aliphatic heterocycles. The van der Waals surface area contributed by atoms with Crippen molar-refractivity contribution in [3.8, 4) is 0 Å². The average molecular weight is 557 g/mol. The van der Waals surface area contributed by atoms with Crippen LogP contribution in [0.3, 0.4) is 0 Å². The van der Waals surface area contributed by atoms with Crippen molar-refractivity contribution >= 4 is 0 Å². The van der Waals surface area contributed by atoms with E-state index in [1.165, 1.54) is 96.3 Å². The van der Waals surface area contributed by atoms with E-state index in [2.05, 4.69) is 48.5 Å². The minimum Gasteiger partial charge on any atom is -0.412 e. The molecule has 236 valence electrons. The molecule has 0 aromatic carbocycles. The molecule has 1 aliphatic rings. The smallest absolute Gasteiger partial charge is 0.0927 e. The third-order valence-corrected chi connectivity index (χ3v) is 9.65. The molecule has 0 radical (unpaired) electrons. The van der Waals surface area contributed by atoms with Crippen LogP contribution in [0.15, 0.2) is 0 Å². The first kappa shape index (κ1) is 38.8. The Morgan fingerprint density at radius 3 is 1.31 bits per heavy atom. The fourth-order valence-corrected chi connectivity index (χ4v) is 6.93. The first-order chi connectivity index (χ1) is 18.0. The molecule has 39 heavy (non-hydrogen) atoms. The van der Waals surface area contributed by atoms with Crippen molar-refractivity contribution in [2.75, 3.05) is 0 Å². The van der Waals surface area contributed by atoms with E-state index >= 15 is 0 Å². The van der Waals surface area contributed by atoms with E-state index in [1.54, 1.807) is 0 Å². The Hall–Kier alpha value is -0.160. The molecule has 4 N–H and O–H groups in total. The Bertz CT molecular complexity index is 526. The quantitative estimate of drug-likeness (QED) is 0.0838. The van der Waals surface area contributed by atoms with Crippen molar-refractivity contribution in [3.05, 3.63) is 0 Å². The zero-order valence-electron chi connectivity index (χ0n) is 27.5. The number of aliphatic hydroxyl groups excluding tert-OH is 1. The van der Waals surface area contributed by atoms with Gasteiger partial charge >= 0.3 is 0 Å². The zero-order valence-corrected chi connectivity index (χ0v) is 27.5. The summed E-state index contributed by atoms with van der Waals surface area (Å²) in [5, 5.41) is 20.7. The van der Waals surface area contributed by atoms with Crippen LogP contribution in [0.1, 0.15) is 183 Å². The molecule has 1 fully saturated rings. The topological polar surface area (TPSA) is 81.2 Å². The molecule has 4 heteroatoms. The van der Waals surface area contributed by atoms with E-state index in [-0.39, 0.29) is 28.5 Å². The van der Waals surface area contributed by atoms with Crippen LogP contribution in [0.2, 0.25) is 0 Å². The molecule has 3 atom stereocenters. The summed E-state index contributed by atoms with van der Waals surface area (Å²) >= 11 is 0. The van der Waals surface area contributed by atoms with Gasteiger partial charge in [0, 0.05) is 0 Å². The lowest BCUT2D eigenvalue weighted by Crippen LogP contribution is -2.47. The summed E-state index contributed by atoms with van der Waals surface area (Å²) in [5.41, 5.74) is 0.226. The van der Waals surface area contributed by atoms with E-state index in [0.29, 0.717) is 17.8 Å². The lowest BCUT2D eigenvalue weighted by Gasteiger charge is -2.49. The molecule has 0 aromatic heterocycles. The van der Waals surface area contributed by atoms with Crippen molar-refractivity contribution in [3.63, 3.8) is 0 Å². The van der Waals surface area contributed by atoms with Crippen molar-refractivity contribution in [1.82, 2.24) is 0 Å². The van der Waals surface area contributed by atoms with Crippen molar-refractivity contribution < 1.29 is 20.7 Å². The number of rotatable bonds is 21. The molecule has 0 spiro atoms. The van der Waals surface area contributed by atoms with Gasteiger partial charge < -0.3 is 10.6 Å². The minimum atomic E-state index is -0.221. The van der Waals surface area contributed by atoms with Gasteiger partial charge in [-0.1, -0.05) is 151 Å². The van der Waals surface area contributed by atoms with E-state index in [1.807, 2.05) is 0 Å². The lowest BCUT2D eigenvalue weighted by molar-refractivity contribution is -0.282. The molecule has 1 aliphatic carbocycles. The fourth-order valence-electron chi connectivity index (χ4n) is 6.93. The largest absolute Gasteiger partial charge is 0.412 e. The van der Waals surface area contributed by atoms with Crippen LogP contribution in [0.4, 0.5) is 0 Å². The van der Waals surface area contributed by atoms with Gasteiger partial charge in [0.25, 0.3) is 0 Å². The van der Waals surface area contributed by atoms with Gasteiger partial charge in [-0.05, 0) is 60.7 Å². The minimum absolute atomic E-state index is 0. The Morgan fingerprint density at radius 2 is 0.974 bits per heavy atom. The second kappa shape index (κ2) is 21.5. The van der Waals surface area contributed by atoms with Crippen LogP contribution in [0.5, 0.6) is 0 Å². The molecule has 0 saturated heterocycles. The van der Waals surface area contributed by atoms with Crippen LogP contribution in [0.25, 0.3) is 0 Å². The highest BCUT2D eigenvalue weighted by molar-refractivity contribution is 4.95. The van der Waals surface area contributed by atoms with Gasteiger partial charge in [0.15, 0.2) is 0 Å². The van der Waals surface area contributed by atoms with Gasteiger partial charge in [-0.2, -0.15) is 0 Å². The van der Waals surface area contributed by atoms with Gasteiger partial charge in [0.05, 0.1) is 12.2 Å². The summed E-state index contributed by atoms with van der Waals surface area (Å²) in [4.78, 5) is 4.93. The van der Waals surface area contributed by atoms with Crippen LogP contribution in [-0.2, 0) is 4.89 Å². The zero-order chi connectivity index (χ0) is 28.4. The van der Waals surface area contributed by atoms with Gasteiger partial charge in [0.2, 0.25) is 0 Å². The molecule has 0 heterocycles. The summed E-state index contributed by atoms with van der Waals surface area (Å²) in [7, 11) is 0. The van der Waals surface area contributed by atoms with Crippen LogP contribution in [-0.4, -0.2) is 28.0 Å². The highest BCUT2D eigenvalue weighted by atomic mass is 17.1. The van der Waals surface area contributed by atoms with Crippen LogP contribution in [0, 0.1) is 28.6 Å². The van der Waals surface area contributed by atoms with Crippen LogP contribution >= 0.6 is 0 Å². The predicted octanol–water partition coefficient (Wildman–Crippen LogP) is 10.5. The van der Waals surface area contributed by atoms with Gasteiger partial charge in [-0.15, -0.1) is 0 Å². The number of hydrogen-bond donors (Lipinski definition) is 2. The maximum absolute atomic E-state index is 11.2. The Morgan fingerprint density at radius 1 is 0.615 bits per heavy atom. The number of aliphatic hydroxyl groups is 1. The molecular weight excluding hydrogens is 484 g/mol. The monoisotopic (exact) mass is 557 g/mol. The molecular formula is C35H72O4. The molecule has 0 bridgehead atoms. The average Bonchev–Trinajstić information content (AvgIpc) is 2.84. The predicted molar refractivity (Wildman–Crippen MR) is 169 cm³/mol. The number of hydrogen-bond acceptors (Lipinski definition) is 3. The SMILES string of the molecule is CCCCCCCCCCCCCCCCCCC(CCC1CC(C(C)(C)C)C(O)C(C(C)(C)C)C1)OO.O. The van der Waals surface area contributed by atoms with Crippen molar-refractivity contribution in [2.45, 2.75) is 196 Å². The molecule has 4 nitrogen and oxygen atoms in total. The highest BCUT2D eigenvalue weighted by Crippen LogP contribution is 2.49. The summed E-state index contributed by atoms with van der Waals surface area (Å²) in [5.74, 6) is 1.27. The van der Waals surface area contributed by atoms with E-state index in [9.17, 15) is 10.4 Å². The maximum Gasteiger partial charge on any atom is 0.0927 e. The molecule has 1 rings (SSSR count). The van der Waals surface area contributed by atoms with Crippen LogP contribution < -0.4 is 0 Å². The summed E-state index contributed by atoms with van der Waals surface area (Å²) in [6.45, 7) is 16.0. The van der Waals surface area contributed by atoms with Crippen molar-refractivity contribution in [1.29, 1.82) is 0 Å². The Kier molecular flexibility index (Phi) is 21.4. The second-order valence-electron chi connectivity index (χ2n) is 15.2. The Balaban J connectivity index is 0.0000144. The first-order valence-electron chi connectivity index (χ1n) is 17.0. The summed E-state index contributed by atoms with van der Waals surface area (Å²) in [6.07, 6.45) is 27.1. The van der Waals surface area contributed by atoms with E-state index in [0.717, 1.165) is 38.5 Å². The van der Waals surface area contributed by atoms with Gasteiger partial charge in [-0.3, -0.25) is 5.26 Å². The van der Waals surface area contributed by atoms with Crippen molar-refractivity contribution in [2.24, 2.45) is 28.6 Å². The van der Waals surface area contributed by atoms with E-state index < -0.39 is 0 Å². The fraction of sp³-hybridized carbons (Fsp3) is 1.00. The second-order valence-corrected chi connectivity index (χ2v) is 15.2. The highest BCUT2D eigenvalue weighted by Gasteiger charge is 2.45. The molecule has 0 aromatic rings. The third kappa shape index (κ3) is 17.4. The lowest BCUT2D eigenvalue weighted by atomic mass is 9.58. The van der Waals surface area contributed by atoms with Gasteiger partial charge in [0.1, 0.15) is 0 Å². The molecule has 1 saturated carbocycles. The normalized spacial score (nSPS) is 23.0. The summed E-state index contributed by atoms with van der Waals surface area (Å²) < 4.78 is 0. The Labute approximate surface area is 244 Å². The first-order valence-corrected chi connectivity index (χ1v) is 17.0. The third-order valence-electron chi connectivity index (χ3n) is 9.65. The molecule has 0 amide bonds. The van der Waals surface area contributed by atoms with E-state index in [4.69, 9.17) is 4.89 Å². The standard InChI is InChI=1S/C35H70O3.H2O/c1-8-9-10-11-12-13-14-15-16-17-18-19-20-21-22-23-24-30(38-37)26-25-29-27-31(34(2,3)4)33(36)32(28-29)35(5,6)7;/h29-33,36-37H,8-28H2,1-7H3;1H2. The summed E-state index contributed by atoms with van der Waals surface area (Å²) in [6, 6.07) is 0. The number of unbranched alkanes of at least 4 members (excludes halogenated alkanes) is 15. The van der Waals surface area contributed by atoms with Gasteiger partial charge in [-0.25, -0.2) is 4.89 Å². The molecule has 3 unspecified atom stereocenters.